The van der Waals surface area contributed by atoms with Crippen LogP contribution in [-0.4, -0.2) is 38.0 Å². The zero-order chi connectivity index (χ0) is 20.4. The van der Waals surface area contributed by atoms with Gasteiger partial charge in [0.05, 0.1) is 18.8 Å². The lowest BCUT2D eigenvalue weighted by Gasteiger charge is -2.13. The van der Waals surface area contributed by atoms with Crippen LogP contribution in [0.3, 0.4) is 0 Å². The summed E-state index contributed by atoms with van der Waals surface area (Å²) in [5.41, 5.74) is 0.752. The van der Waals surface area contributed by atoms with Crippen LogP contribution in [0.2, 0.25) is 0 Å². The molecule has 8 nitrogen and oxygen atoms in total. The van der Waals surface area contributed by atoms with E-state index in [9.17, 15) is 14.4 Å². The van der Waals surface area contributed by atoms with Crippen LogP contribution >= 0.6 is 0 Å². The van der Waals surface area contributed by atoms with Crippen molar-refractivity contribution in [3.8, 4) is 17.2 Å². The summed E-state index contributed by atoms with van der Waals surface area (Å²) in [6.07, 6.45) is 0.627. The third kappa shape index (κ3) is 6.01. The molecule has 0 spiro atoms. The molecule has 8 heteroatoms. The average molecular weight is 386 g/mol. The average Bonchev–Trinajstić information content (AvgIpc) is 2.69. The Hall–Kier alpha value is -3.55. The van der Waals surface area contributed by atoms with Gasteiger partial charge < -0.3 is 19.5 Å². The fraction of sp³-hybridized carbons (Fsp3) is 0.250. The molecule has 0 heterocycles. The summed E-state index contributed by atoms with van der Waals surface area (Å²) < 4.78 is 16.2. The minimum atomic E-state index is -0.719. The van der Waals surface area contributed by atoms with Crippen molar-refractivity contribution in [2.75, 3.05) is 25.1 Å². The van der Waals surface area contributed by atoms with Gasteiger partial charge in [-0.2, -0.15) is 0 Å². The van der Waals surface area contributed by atoms with Crippen LogP contribution < -0.4 is 24.8 Å². The Kier molecular flexibility index (Phi) is 7.83. The highest BCUT2D eigenvalue weighted by atomic mass is 16.5. The molecule has 0 aliphatic rings. The number of amides is 3. The van der Waals surface area contributed by atoms with Gasteiger partial charge in [-0.25, -0.2) is 4.79 Å². The summed E-state index contributed by atoms with van der Waals surface area (Å²) in [4.78, 5) is 34.8. The van der Waals surface area contributed by atoms with Crippen molar-refractivity contribution < 1.29 is 28.6 Å². The van der Waals surface area contributed by atoms with Crippen LogP contribution in [0.5, 0.6) is 17.2 Å². The Labute approximate surface area is 162 Å². The molecular weight excluding hydrogens is 364 g/mol. The largest absolute Gasteiger partial charge is 0.490 e. The number of hydrogen-bond donors (Lipinski definition) is 2. The molecule has 0 aliphatic heterocycles. The molecule has 2 rings (SSSR count). The van der Waals surface area contributed by atoms with Crippen LogP contribution in [0.4, 0.5) is 10.5 Å². The molecule has 0 fully saturated rings. The first kappa shape index (κ1) is 20.8. The van der Waals surface area contributed by atoms with E-state index in [1.807, 2.05) is 13.8 Å². The van der Waals surface area contributed by atoms with E-state index in [-0.39, 0.29) is 5.75 Å². The van der Waals surface area contributed by atoms with Crippen molar-refractivity contribution in [1.29, 1.82) is 0 Å². The molecule has 3 amide bonds. The Morgan fingerprint density at radius 1 is 0.929 bits per heavy atom. The first-order chi connectivity index (χ1) is 13.6. The van der Waals surface area contributed by atoms with Crippen LogP contribution in [0.15, 0.2) is 42.5 Å². The van der Waals surface area contributed by atoms with Gasteiger partial charge in [0.1, 0.15) is 5.75 Å². The second kappa shape index (κ2) is 10.6. The van der Waals surface area contributed by atoms with Crippen molar-refractivity contribution >= 4 is 23.9 Å². The molecular formula is C20H22N2O6. The highest BCUT2D eigenvalue weighted by Crippen LogP contribution is 2.30. The molecule has 2 N–H and O–H groups in total. The Morgan fingerprint density at radius 2 is 1.64 bits per heavy atom. The first-order valence-electron chi connectivity index (χ1n) is 8.74. The fourth-order valence-electron chi connectivity index (χ4n) is 2.31. The maximum Gasteiger partial charge on any atom is 0.325 e. The monoisotopic (exact) mass is 386 g/mol. The molecule has 0 aromatic heterocycles. The Morgan fingerprint density at radius 3 is 2.36 bits per heavy atom. The molecule has 2 aromatic carbocycles. The summed E-state index contributed by atoms with van der Waals surface area (Å²) in [6.45, 7) is 4.20. The number of benzene rings is 2. The smallest absolute Gasteiger partial charge is 0.325 e. The molecule has 0 atom stereocenters. The van der Waals surface area contributed by atoms with E-state index in [2.05, 4.69) is 10.6 Å². The lowest BCUT2D eigenvalue weighted by Crippen LogP contribution is -2.37. The van der Waals surface area contributed by atoms with Gasteiger partial charge in [-0.15, -0.1) is 0 Å². The zero-order valence-electron chi connectivity index (χ0n) is 15.7. The minimum Gasteiger partial charge on any atom is -0.490 e. The number of nitrogens with one attached hydrogen (secondary N) is 2. The van der Waals surface area contributed by atoms with E-state index in [0.29, 0.717) is 42.2 Å². The predicted molar refractivity (Wildman–Crippen MR) is 103 cm³/mol. The number of ether oxygens (including phenoxy) is 3. The van der Waals surface area contributed by atoms with Crippen LogP contribution in [0.25, 0.3) is 0 Å². The highest BCUT2D eigenvalue weighted by molar-refractivity contribution is 6.01. The fourth-order valence-corrected chi connectivity index (χ4v) is 2.31. The van der Waals surface area contributed by atoms with Crippen molar-refractivity contribution in [3.05, 3.63) is 48.0 Å². The third-order valence-corrected chi connectivity index (χ3v) is 3.46. The van der Waals surface area contributed by atoms with E-state index in [1.165, 1.54) is 0 Å². The lowest BCUT2D eigenvalue weighted by atomic mass is 10.2. The molecule has 0 bridgehead atoms. The zero-order valence-corrected chi connectivity index (χ0v) is 15.7. The van der Waals surface area contributed by atoms with Gasteiger partial charge in [0.25, 0.3) is 5.91 Å². The minimum absolute atomic E-state index is 0.265. The van der Waals surface area contributed by atoms with Crippen molar-refractivity contribution in [1.82, 2.24) is 5.32 Å². The van der Waals surface area contributed by atoms with E-state index in [1.54, 1.807) is 42.5 Å². The number of aldehydes is 1. The maximum absolute atomic E-state index is 12.0. The van der Waals surface area contributed by atoms with Gasteiger partial charge in [0.2, 0.25) is 0 Å². The quantitative estimate of drug-likeness (QED) is 0.642. The Balaban J connectivity index is 1.91. The summed E-state index contributed by atoms with van der Waals surface area (Å²) in [7, 11) is 0. The van der Waals surface area contributed by atoms with Crippen LogP contribution in [-0.2, 0) is 4.79 Å². The van der Waals surface area contributed by atoms with Crippen molar-refractivity contribution in [3.63, 3.8) is 0 Å². The molecule has 0 aliphatic carbocycles. The number of imide groups is 1. The van der Waals surface area contributed by atoms with Crippen molar-refractivity contribution in [2.45, 2.75) is 13.8 Å². The molecule has 0 saturated heterocycles. The number of carbonyl (C=O) groups excluding carboxylic acids is 3. The number of para-hydroxylation sites is 1. The van der Waals surface area contributed by atoms with E-state index in [4.69, 9.17) is 14.2 Å². The number of urea groups is 1. The SMILES string of the molecule is CCOc1ccc(NC(=O)NC(=O)COc2ccccc2C=O)cc1OCC. The lowest BCUT2D eigenvalue weighted by molar-refractivity contribution is -0.121. The molecule has 0 radical (unpaired) electrons. The van der Waals surface area contributed by atoms with Gasteiger partial charge in [-0.3, -0.25) is 14.9 Å². The van der Waals surface area contributed by atoms with Gasteiger partial charge in [-0.05, 0) is 38.1 Å². The van der Waals surface area contributed by atoms with E-state index in [0.717, 1.165) is 0 Å². The third-order valence-electron chi connectivity index (χ3n) is 3.46. The molecule has 2 aromatic rings. The van der Waals surface area contributed by atoms with Gasteiger partial charge in [0, 0.05) is 11.8 Å². The number of hydrogen-bond acceptors (Lipinski definition) is 6. The Bertz CT molecular complexity index is 837. The van der Waals surface area contributed by atoms with E-state index >= 15 is 0 Å². The molecule has 28 heavy (non-hydrogen) atoms. The van der Waals surface area contributed by atoms with Crippen LogP contribution in [0, 0.1) is 0 Å². The first-order valence-corrected chi connectivity index (χ1v) is 8.74. The maximum atomic E-state index is 12.0. The van der Waals surface area contributed by atoms with Gasteiger partial charge in [0.15, 0.2) is 24.4 Å². The number of carbonyl (C=O) groups is 3. The highest BCUT2D eigenvalue weighted by Gasteiger charge is 2.12. The topological polar surface area (TPSA) is 103 Å². The standard InChI is InChI=1S/C20H22N2O6/c1-3-26-17-10-9-15(11-18(17)27-4-2)21-20(25)22-19(24)13-28-16-8-6-5-7-14(16)12-23/h5-12H,3-4,13H2,1-2H3,(H2,21,22,24,25). The van der Waals surface area contributed by atoms with Crippen LogP contribution in [0.1, 0.15) is 24.2 Å². The second-order valence-corrected chi connectivity index (χ2v) is 5.47. The number of rotatable bonds is 9. The van der Waals surface area contributed by atoms with Gasteiger partial charge in [-0.1, -0.05) is 12.1 Å². The second-order valence-electron chi connectivity index (χ2n) is 5.47. The normalized spacial score (nSPS) is 9.93. The summed E-state index contributed by atoms with van der Waals surface area (Å²) in [6, 6.07) is 10.7. The molecule has 0 saturated carbocycles. The summed E-state index contributed by atoms with van der Waals surface area (Å²) in [5.74, 6) is 0.658. The van der Waals surface area contributed by atoms with Crippen molar-refractivity contribution in [2.24, 2.45) is 0 Å². The van der Waals surface area contributed by atoms with Gasteiger partial charge >= 0.3 is 6.03 Å². The predicted octanol–water partition coefficient (Wildman–Crippen LogP) is 3.02. The summed E-state index contributed by atoms with van der Waals surface area (Å²) in [5, 5.41) is 4.70. The number of anilines is 1. The molecule has 0 unspecified atom stereocenters. The summed E-state index contributed by atoms with van der Waals surface area (Å²) >= 11 is 0. The molecule has 148 valence electrons. The van der Waals surface area contributed by atoms with E-state index < -0.39 is 18.5 Å².